The van der Waals surface area contributed by atoms with Gasteiger partial charge in [-0.25, -0.2) is 0 Å². The normalized spacial score (nSPS) is 12.3. The van der Waals surface area contributed by atoms with E-state index in [1.807, 2.05) is 31.2 Å². The lowest BCUT2D eigenvalue weighted by Gasteiger charge is -2.12. The lowest BCUT2D eigenvalue weighted by molar-refractivity contribution is 0.0947. The van der Waals surface area contributed by atoms with Crippen molar-refractivity contribution in [2.75, 3.05) is 13.2 Å². The Bertz CT molecular complexity index is 564. The maximum atomic E-state index is 12.2. The quantitative estimate of drug-likeness (QED) is 0.862. The number of aliphatic hydroxyl groups is 1. The third-order valence-electron chi connectivity index (χ3n) is 3.13. The molecule has 0 spiro atoms. The Morgan fingerprint density at radius 1 is 1.37 bits per heavy atom. The van der Waals surface area contributed by atoms with Gasteiger partial charge in [0, 0.05) is 24.7 Å². The number of nitrogens with one attached hydrogen (secondary N) is 1. The molecule has 100 valence electrons. The standard InChI is InChI=1S/C15H18N2O2/c1-11(7-9-18)10-17-15(19)13-6-8-16-14-5-3-2-4-12(13)14/h2-6,8,11,18H,7,9-10H2,1H3,(H,17,19). The average Bonchev–Trinajstić information content (AvgIpc) is 2.44. The van der Waals surface area contributed by atoms with Gasteiger partial charge in [0.05, 0.1) is 11.1 Å². The van der Waals surface area contributed by atoms with Crippen LogP contribution in [0.1, 0.15) is 23.7 Å². The largest absolute Gasteiger partial charge is 0.396 e. The maximum Gasteiger partial charge on any atom is 0.252 e. The number of pyridine rings is 1. The fourth-order valence-electron chi connectivity index (χ4n) is 1.98. The molecular weight excluding hydrogens is 240 g/mol. The van der Waals surface area contributed by atoms with Crippen LogP contribution >= 0.6 is 0 Å². The first-order valence-electron chi connectivity index (χ1n) is 6.45. The lowest BCUT2D eigenvalue weighted by Crippen LogP contribution is -2.28. The van der Waals surface area contributed by atoms with Gasteiger partial charge in [-0.3, -0.25) is 9.78 Å². The predicted octanol–water partition coefficient (Wildman–Crippen LogP) is 1.98. The van der Waals surface area contributed by atoms with Crippen molar-refractivity contribution in [1.82, 2.24) is 10.3 Å². The molecule has 4 heteroatoms. The number of hydrogen-bond acceptors (Lipinski definition) is 3. The van der Waals surface area contributed by atoms with Crippen LogP contribution in [0.3, 0.4) is 0 Å². The summed E-state index contributed by atoms with van der Waals surface area (Å²) in [5.74, 6) is 0.172. The number of carbonyl (C=O) groups excluding carboxylic acids is 1. The van der Waals surface area contributed by atoms with Crippen LogP contribution in [0.2, 0.25) is 0 Å². The molecule has 19 heavy (non-hydrogen) atoms. The molecule has 1 aromatic carbocycles. The van der Waals surface area contributed by atoms with E-state index in [-0.39, 0.29) is 18.4 Å². The van der Waals surface area contributed by atoms with Gasteiger partial charge in [-0.05, 0) is 24.5 Å². The number of aromatic nitrogens is 1. The minimum atomic E-state index is -0.0941. The van der Waals surface area contributed by atoms with Crippen molar-refractivity contribution in [1.29, 1.82) is 0 Å². The lowest BCUT2D eigenvalue weighted by atomic mass is 10.1. The van der Waals surface area contributed by atoms with E-state index in [2.05, 4.69) is 10.3 Å². The number of hydrogen-bond donors (Lipinski definition) is 2. The predicted molar refractivity (Wildman–Crippen MR) is 74.9 cm³/mol. The van der Waals surface area contributed by atoms with Gasteiger partial charge in [0.15, 0.2) is 0 Å². The number of carbonyl (C=O) groups is 1. The number of nitrogens with zero attached hydrogens (tertiary/aromatic N) is 1. The number of benzene rings is 1. The van der Waals surface area contributed by atoms with Crippen molar-refractivity contribution in [3.8, 4) is 0 Å². The molecule has 2 aromatic rings. The summed E-state index contributed by atoms with van der Waals surface area (Å²) in [5.41, 5.74) is 1.46. The summed E-state index contributed by atoms with van der Waals surface area (Å²) in [4.78, 5) is 16.4. The highest BCUT2D eigenvalue weighted by Crippen LogP contribution is 2.16. The van der Waals surface area contributed by atoms with Crippen molar-refractivity contribution in [2.24, 2.45) is 5.92 Å². The van der Waals surface area contributed by atoms with Crippen molar-refractivity contribution < 1.29 is 9.90 Å². The molecule has 0 bridgehead atoms. The van der Waals surface area contributed by atoms with E-state index in [4.69, 9.17) is 5.11 Å². The van der Waals surface area contributed by atoms with Gasteiger partial charge in [-0.1, -0.05) is 25.1 Å². The first kappa shape index (κ1) is 13.5. The molecule has 1 aromatic heterocycles. The molecular formula is C15H18N2O2. The van der Waals surface area contributed by atoms with Gasteiger partial charge in [0.25, 0.3) is 5.91 Å². The van der Waals surface area contributed by atoms with Crippen LogP contribution < -0.4 is 5.32 Å². The van der Waals surface area contributed by atoms with Crippen LogP contribution in [0.5, 0.6) is 0 Å². The summed E-state index contributed by atoms with van der Waals surface area (Å²) in [7, 11) is 0. The Hall–Kier alpha value is -1.94. The molecule has 0 radical (unpaired) electrons. The van der Waals surface area contributed by atoms with Crippen LogP contribution in [0.25, 0.3) is 10.9 Å². The van der Waals surface area contributed by atoms with E-state index in [1.54, 1.807) is 12.3 Å². The van der Waals surface area contributed by atoms with Gasteiger partial charge < -0.3 is 10.4 Å². The van der Waals surface area contributed by atoms with Crippen LogP contribution in [0.4, 0.5) is 0 Å². The zero-order valence-corrected chi connectivity index (χ0v) is 11.0. The molecule has 0 aliphatic heterocycles. The SMILES string of the molecule is CC(CCO)CNC(=O)c1ccnc2ccccc12. The van der Waals surface area contributed by atoms with Crippen LogP contribution in [0.15, 0.2) is 36.5 Å². The first-order chi connectivity index (χ1) is 9.22. The van der Waals surface area contributed by atoms with Crippen molar-refractivity contribution in [3.63, 3.8) is 0 Å². The summed E-state index contributed by atoms with van der Waals surface area (Å²) >= 11 is 0. The molecule has 1 unspecified atom stereocenters. The Balaban J connectivity index is 2.13. The number of rotatable bonds is 5. The molecule has 2 rings (SSSR count). The molecule has 0 aliphatic rings. The summed E-state index contributed by atoms with van der Waals surface area (Å²) in [5, 5.41) is 12.6. The van der Waals surface area contributed by atoms with Crippen LogP contribution in [0, 0.1) is 5.92 Å². The van der Waals surface area contributed by atoms with Crippen molar-refractivity contribution in [2.45, 2.75) is 13.3 Å². The van der Waals surface area contributed by atoms with E-state index in [0.717, 1.165) is 10.9 Å². The summed E-state index contributed by atoms with van der Waals surface area (Å²) < 4.78 is 0. The Labute approximate surface area is 112 Å². The van der Waals surface area contributed by atoms with E-state index in [1.165, 1.54) is 0 Å². The van der Waals surface area contributed by atoms with Crippen molar-refractivity contribution in [3.05, 3.63) is 42.1 Å². The van der Waals surface area contributed by atoms with Crippen molar-refractivity contribution >= 4 is 16.8 Å². The van der Waals surface area contributed by atoms with E-state index in [0.29, 0.717) is 18.5 Å². The molecule has 0 fully saturated rings. The molecule has 0 aliphatic carbocycles. The smallest absolute Gasteiger partial charge is 0.252 e. The summed E-state index contributed by atoms with van der Waals surface area (Å²) in [6.45, 7) is 2.71. The van der Waals surface area contributed by atoms with Gasteiger partial charge in [-0.15, -0.1) is 0 Å². The van der Waals surface area contributed by atoms with Crippen LogP contribution in [-0.2, 0) is 0 Å². The maximum absolute atomic E-state index is 12.2. The van der Waals surface area contributed by atoms with Gasteiger partial charge in [0.2, 0.25) is 0 Å². The number of amides is 1. The summed E-state index contributed by atoms with van der Waals surface area (Å²) in [6, 6.07) is 9.32. The third kappa shape index (κ3) is 3.29. The van der Waals surface area contributed by atoms with Gasteiger partial charge in [0.1, 0.15) is 0 Å². The van der Waals surface area contributed by atoms with Gasteiger partial charge >= 0.3 is 0 Å². The number of para-hydroxylation sites is 1. The fourth-order valence-corrected chi connectivity index (χ4v) is 1.98. The van der Waals surface area contributed by atoms with Gasteiger partial charge in [-0.2, -0.15) is 0 Å². The molecule has 1 amide bonds. The number of aliphatic hydroxyl groups excluding tert-OH is 1. The Morgan fingerprint density at radius 3 is 2.95 bits per heavy atom. The Kier molecular flexibility index (Phi) is 4.47. The number of fused-ring (bicyclic) bond motifs is 1. The van der Waals surface area contributed by atoms with E-state index < -0.39 is 0 Å². The Morgan fingerprint density at radius 2 is 2.16 bits per heavy atom. The molecule has 0 saturated carbocycles. The third-order valence-corrected chi connectivity index (χ3v) is 3.13. The van der Waals surface area contributed by atoms with Crippen LogP contribution in [-0.4, -0.2) is 29.1 Å². The molecule has 4 nitrogen and oxygen atoms in total. The average molecular weight is 258 g/mol. The highest BCUT2D eigenvalue weighted by atomic mass is 16.3. The molecule has 1 heterocycles. The van der Waals surface area contributed by atoms with E-state index >= 15 is 0 Å². The first-order valence-corrected chi connectivity index (χ1v) is 6.45. The summed E-state index contributed by atoms with van der Waals surface area (Å²) in [6.07, 6.45) is 2.34. The fraction of sp³-hybridized carbons (Fsp3) is 0.333. The highest BCUT2D eigenvalue weighted by Gasteiger charge is 2.11. The molecule has 0 saturated heterocycles. The second-order valence-corrected chi connectivity index (χ2v) is 4.70. The highest BCUT2D eigenvalue weighted by molar-refractivity contribution is 6.05. The zero-order chi connectivity index (χ0) is 13.7. The topological polar surface area (TPSA) is 62.2 Å². The van der Waals surface area contributed by atoms with E-state index in [9.17, 15) is 4.79 Å². The minimum Gasteiger partial charge on any atom is -0.396 e. The minimum absolute atomic E-state index is 0.0941. The second-order valence-electron chi connectivity index (χ2n) is 4.70. The molecule has 1 atom stereocenters. The zero-order valence-electron chi connectivity index (χ0n) is 11.0. The second kappa shape index (κ2) is 6.29. The molecule has 2 N–H and O–H groups in total. The monoisotopic (exact) mass is 258 g/mol.